The number of furan rings is 1. The van der Waals surface area contributed by atoms with Gasteiger partial charge in [-0.2, -0.15) is 0 Å². The third kappa shape index (κ3) is 4.15. The van der Waals surface area contributed by atoms with Gasteiger partial charge in [0.1, 0.15) is 16.8 Å². The van der Waals surface area contributed by atoms with Crippen LogP contribution in [0.15, 0.2) is 144 Å². The predicted molar refractivity (Wildman–Crippen MR) is 184 cm³/mol. The van der Waals surface area contributed by atoms with Gasteiger partial charge in [-0.05, 0) is 54.1 Å². The van der Waals surface area contributed by atoms with Crippen molar-refractivity contribution in [1.29, 1.82) is 0 Å². The molecule has 0 N–H and O–H groups in total. The Morgan fingerprint density at radius 2 is 1.20 bits per heavy atom. The third-order valence-electron chi connectivity index (χ3n) is 8.48. The summed E-state index contributed by atoms with van der Waals surface area (Å²) in [4.78, 5) is 19.0. The average Bonchev–Trinajstić information content (AvgIpc) is 3.66. The monoisotopic (exact) mass is 589 g/mol. The van der Waals surface area contributed by atoms with E-state index >= 15 is 0 Å². The van der Waals surface area contributed by atoms with Crippen LogP contribution < -0.4 is 0 Å². The van der Waals surface area contributed by atoms with Crippen LogP contribution in [-0.4, -0.2) is 19.5 Å². The molecule has 5 aromatic carbocycles. The van der Waals surface area contributed by atoms with Crippen molar-refractivity contribution in [2.75, 3.05) is 0 Å². The van der Waals surface area contributed by atoms with Crippen molar-refractivity contribution >= 4 is 49.6 Å². The minimum absolute atomic E-state index is 0.537. The highest BCUT2D eigenvalue weighted by Gasteiger charge is 2.19. The van der Waals surface area contributed by atoms with Gasteiger partial charge in [-0.1, -0.05) is 84.9 Å². The van der Waals surface area contributed by atoms with Gasteiger partial charge in [0, 0.05) is 44.4 Å². The first-order chi connectivity index (χ1) is 22.7. The van der Waals surface area contributed by atoms with Gasteiger partial charge in [0.05, 0.1) is 23.5 Å². The highest BCUT2D eigenvalue weighted by atomic mass is 16.3. The summed E-state index contributed by atoms with van der Waals surface area (Å²) in [5, 5.41) is 3.96. The Morgan fingerprint density at radius 3 is 1.98 bits per heavy atom. The van der Waals surface area contributed by atoms with Gasteiger partial charge >= 0.3 is 0 Å². The molecule has 4 aromatic heterocycles. The topological polar surface area (TPSA) is 61.1 Å². The molecule has 9 aromatic rings. The SMILES string of the molecule is [C-]#[N+]c1ccc2oc3ccc(-c4cc(-c5ccccc5)nc(-n5c6ccccc6c6cc(-c7ccccc7)cnc65)n4)cc3c2c1. The number of para-hydroxylation sites is 1. The molecule has 0 atom stereocenters. The molecule has 0 aliphatic rings. The Balaban J connectivity index is 1.30. The van der Waals surface area contributed by atoms with Gasteiger partial charge in [0.25, 0.3) is 0 Å². The Morgan fingerprint density at radius 1 is 0.543 bits per heavy atom. The van der Waals surface area contributed by atoms with Crippen LogP contribution in [0.1, 0.15) is 0 Å². The van der Waals surface area contributed by atoms with E-state index in [0.717, 1.165) is 77.5 Å². The maximum atomic E-state index is 7.49. The van der Waals surface area contributed by atoms with Crippen LogP contribution in [0, 0.1) is 6.57 Å². The number of fused-ring (bicyclic) bond motifs is 6. The summed E-state index contributed by atoms with van der Waals surface area (Å²) in [6.07, 6.45) is 1.92. The van der Waals surface area contributed by atoms with Crippen LogP contribution in [-0.2, 0) is 0 Å². The van der Waals surface area contributed by atoms with Crippen LogP contribution in [0.2, 0.25) is 0 Å². The summed E-state index contributed by atoms with van der Waals surface area (Å²) in [7, 11) is 0. The van der Waals surface area contributed by atoms with E-state index in [9.17, 15) is 0 Å². The smallest absolute Gasteiger partial charge is 0.237 e. The molecule has 0 unspecified atom stereocenters. The number of pyridine rings is 1. The van der Waals surface area contributed by atoms with Crippen molar-refractivity contribution in [3.63, 3.8) is 0 Å². The zero-order chi connectivity index (χ0) is 30.6. The quantitative estimate of drug-likeness (QED) is 0.192. The molecule has 0 saturated heterocycles. The van der Waals surface area contributed by atoms with Crippen molar-refractivity contribution in [3.05, 3.63) is 151 Å². The van der Waals surface area contributed by atoms with E-state index in [2.05, 4.69) is 64.0 Å². The first-order valence-corrected chi connectivity index (χ1v) is 15.0. The maximum Gasteiger partial charge on any atom is 0.237 e. The molecule has 4 heterocycles. The summed E-state index contributed by atoms with van der Waals surface area (Å²) in [6, 6.07) is 44.6. The fraction of sp³-hybridized carbons (Fsp3) is 0. The Hall–Kier alpha value is -6.58. The minimum atomic E-state index is 0.537. The van der Waals surface area contributed by atoms with E-state index in [0.29, 0.717) is 11.6 Å². The number of aromatic nitrogens is 4. The molecule has 0 spiro atoms. The maximum absolute atomic E-state index is 7.49. The van der Waals surface area contributed by atoms with Crippen molar-refractivity contribution in [3.8, 4) is 39.6 Å². The van der Waals surface area contributed by atoms with Crippen molar-refractivity contribution in [1.82, 2.24) is 19.5 Å². The predicted octanol–water partition coefficient (Wildman–Crippen LogP) is 10.4. The van der Waals surface area contributed by atoms with Crippen molar-refractivity contribution in [2.45, 2.75) is 0 Å². The first-order valence-electron chi connectivity index (χ1n) is 15.0. The molecule has 0 fully saturated rings. The molecule has 0 aliphatic heterocycles. The third-order valence-corrected chi connectivity index (χ3v) is 8.48. The van der Waals surface area contributed by atoms with Gasteiger partial charge in [-0.25, -0.2) is 19.8 Å². The lowest BCUT2D eigenvalue weighted by atomic mass is 10.0. The van der Waals surface area contributed by atoms with Crippen molar-refractivity contribution in [2.24, 2.45) is 0 Å². The number of nitrogens with zero attached hydrogens (tertiary/aromatic N) is 5. The number of hydrogen-bond donors (Lipinski definition) is 0. The fourth-order valence-electron chi connectivity index (χ4n) is 6.27. The molecule has 6 nitrogen and oxygen atoms in total. The van der Waals surface area contributed by atoms with Gasteiger partial charge in [0.15, 0.2) is 5.69 Å². The van der Waals surface area contributed by atoms with E-state index in [1.54, 1.807) is 6.07 Å². The molecule has 9 rings (SSSR count). The van der Waals surface area contributed by atoms with Crippen LogP contribution in [0.5, 0.6) is 0 Å². The molecule has 0 bridgehead atoms. The standard InChI is InChI=1S/C40H23N5O/c1-41-29-17-19-38-32(22-29)31-20-27(16-18-37(31)46-38)35-23-34(26-12-6-3-7-13-26)43-40(44-35)45-36-15-9-8-14-30(36)33-21-28(24-42-39(33)45)25-10-4-2-5-11-25/h2-24H. The minimum Gasteiger partial charge on any atom is -0.456 e. The van der Waals surface area contributed by atoms with E-state index in [-0.39, 0.29) is 0 Å². The second-order valence-corrected chi connectivity index (χ2v) is 11.2. The molecular weight excluding hydrogens is 566 g/mol. The van der Waals surface area contributed by atoms with Crippen LogP contribution >= 0.6 is 0 Å². The molecule has 0 saturated carbocycles. The van der Waals surface area contributed by atoms with Gasteiger partial charge in [-0.3, -0.25) is 4.57 Å². The lowest BCUT2D eigenvalue weighted by molar-refractivity contribution is 0.669. The van der Waals surface area contributed by atoms with E-state index in [1.807, 2.05) is 79.0 Å². The second kappa shape index (κ2) is 10.3. The molecular formula is C40H23N5O. The zero-order valence-electron chi connectivity index (χ0n) is 24.4. The van der Waals surface area contributed by atoms with Gasteiger partial charge in [-0.15, -0.1) is 0 Å². The first kappa shape index (κ1) is 25.9. The Bertz CT molecular complexity index is 2650. The molecule has 46 heavy (non-hydrogen) atoms. The summed E-state index contributed by atoms with van der Waals surface area (Å²) in [5.41, 5.74) is 9.52. The Labute approximate surface area is 263 Å². The molecule has 0 radical (unpaired) electrons. The highest BCUT2D eigenvalue weighted by molar-refractivity contribution is 6.09. The zero-order valence-corrected chi connectivity index (χ0v) is 24.4. The van der Waals surface area contributed by atoms with E-state index < -0.39 is 0 Å². The highest BCUT2D eigenvalue weighted by Crippen LogP contribution is 2.37. The van der Waals surface area contributed by atoms with Crippen LogP contribution in [0.4, 0.5) is 5.69 Å². The summed E-state index contributed by atoms with van der Waals surface area (Å²) < 4.78 is 8.17. The molecule has 0 amide bonds. The summed E-state index contributed by atoms with van der Waals surface area (Å²) in [6.45, 7) is 7.49. The summed E-state index contributed by atoms with van der Waals surface area (Å²) in [5.74, 6) is 0.537. The normalized spacial score (nSPS) is 11.5. The largest absolute Gasteiger partial charge is 0.456 e. The molecule has 6 heteroatoms. The van der Waals surface area contributed by atoms with E-state index in [1.165, 1.54) is 0 Å². The number of rotatable bonds is 4. The second-order valence-electron chi connectivity index (χ2n) is 11.2. The van der Waals surface area contributed by atoms with Crippen LogP contribution in [0.25, 0.3) is 88.3 Å². The number of hydrogen-bond acceptors (Lipinski definition) is 4. The molecule has 214 valence electrons. The Kier molecular flexibility index (Phi) is 5.77. The summed E-state index contributed by atoms with van der Waals surface area (Å²) >= 11 is 0. The van der Waals surface area contributed by atoms with Crippen LogP contribution in [0.3, 0.4) is 0 Å². The van der Waals surface area contributed by atoms with Gasteiger partial charge in [0.2, 0.25) is 5.95 Å². The van der Waals surface area contributed by atoms with Crippen molar-refractivity contribution < 1.29 is 4.42 Å². The lowest BCUT2D eigenvalue weighted by Gasteiger charge is -2.11. The van der Waals surface area contributed by atoms with Gasteiger partial charge < -0.3 is 4.42 Å². The number of benzene rings is 5. The lowest BCUT2D eigenvalue weighted by Crippen LogP contribution is -2.04. The average molecular weight is 590 g/mol. The molecule has 0 aliphatic carbocycles. The fourth-order valence-corrected chi connectivity index (χ4v) is 6.27. The van der Waals surface area contributed by atoms with E-state index in [4.69, 9.17) is 25.9 Å².